The van der Waals surface area contributed by atoms with E-state index in [4.69, 9.17) is 11.6 Å². The molecule has 6 heteroatoms. The predicted octanol–water partition coefficient (Wildman–Crippen LogP) is 2.84. The van der Waals surface area contributed by atoms with Gasteiger partial charge in [-0.1, -0.05) is 11.6 Å². The average molecular weight is 334 g/mol. The summed E-state index contributed by atoms with van der Waals surface area (Å²) in [6.07, 6.45) is 6.88. The lowest BCUT2D eigenvalue weighted by molar-refractivity contribution is 0.183. The van der Waals surface area contributed by atoms with Crippen LogP contribution in [0.4, 0.5) is 5.82 Å². The van der Waals surface area contributed by atoms with E-state index in [-0.39, 0.29) is 0 Å². The molecule has 0 radical (unpaired) electrons. The molecule has 0 spiro atoms. The first kappa shape index (κ1) is 16.3. The van der Waals surface area contributed by atoms with Crippen LogP contribution in [0.3, 0.4) is 0 Å². The molecular formula is C17H24ClN5. The molecule has 124 valence electrons. The molecular weight excluding hydrogens is 310 g/mol. The van der Waals surface area contributed by atoms with Crippen LogP contribution in [0.2, 0.25) is 5.02 Å². The zero-order valence-corrected chi connectivity index (χ0v) is 14.6. The number of imidazole rings is 1. The van der Waals surface area contributed by atoms with Gasteiger partial charge in [0, 0.05) is 57.4 Å². The largest absolute Gasteiger partial charge is 0.353 e. The molecule has 1 unspecified atom stereocenters. The van der Waals surface area contributed by atoms with Crippen LogP contribution < -0.4 is 4.90 Å². The van der Waals surface area contributed by atoms with Gasteiger partial charge in [0.05, 0.1) is 5.02 Å². The number of anilines is 1. The fraction of sp³-hybridized carbons (Fsp3) is 0.529. The van der Waals surface area contributed by atoms with E-state index in [9.17, 15) is 0 Å². The van der Waals surface area contributed by atoms with Crippen LogP contribution >= 0.6 is 11.6 Å². The Bertz CT molecular complexity index is 633. The summed E-state index contributed by atoms with van der Waals surface area (Å²) in [7, 11) is 0. The van der Waals surface area contributed by atoms with Crippen molar-refractivity contribution in [2.45, 2.75) is 32.9 Å². The second-order valence-corrected chi connectivity index (χ2v) is 6.54. The van der Waals surface area contributed by atoms with Gasteiger partial charge >= 0.3 is 0 Å². The third-order valence-corrected chi connectivity index (χ3v) is 4.98. The van der Waals surface area contributed by atoms with Crippen molar-refractivity contribution in [2.75, 3.05) is 31.1 Å². The summed E-state index contributed by atoms with van der Waals surface area (Å²) in [5.41, 5.74) is 0. The van der Waals surface area contributed by atoms with Crippen molar-refractivity contribution in [3.8, 4) is 0 Å². The number of aryl methyl sites for hydroxylation is 2. The highest BCUT2D eigenvalue weighted by Crippen LogP contribution is 2.24. The van der Waals surface area contributed by atoms with E-state index < -0.39 is 0 Å². The fourth-order valence-electron chi connectivity index (χ4n) is 3.13. The monoisotopic (exact) mass is 333 g/mol. The molecule has 0 bridgehead atoms. The molecule has 1 fully saturated rings. The molecule has 5 nitrogen and oxygen atoms in total. The SMILES string of the molecule is Cc1nccn1CCC(C)N1CCN(c2ncccc2Cl)CC1. The summed E-state index contributed by atoms with van der Waals surface area (Å²) >= 11 is 6.25. The van der Waals surface area contributed by atoms with Gasteiger partial charge in [-0.15, -0.1) is 0 Å². The van der Waals surface area contributed by atoms with Gasteiger partial charge in [0.25, 0.3) is 0 Å². The predicted molar refractivity (Wildman–Crippen MR) is 94.1 cm³/mol. The number of aromatic nitrogens is 3. The first-order chi connectivity index (χ1) is 11.1. The van der Waals surface area contributed by atoms with Crippen LogP contribution in [0.25, 0.3) is 0 Å². The molecule has 0 amide bonds. The Morgan fingerprint density at radius 2 is 1.96 bits per heavy atom. The van der Waals surface area contributed by atoms with E-state index in [0.29, 0.717) is 6.04 Å². The van der Waals surface area contributed by atoms with Crippen molar-refractivity contribution >= 4 is 17.4 Å². The highest BCUT2D eigenvalue weighted by atomic mass is 35.5. The summed E-state index contributed by atoms with van der Waals surface area (Å²) in [6.45, 7) is 9.46. The van der Waals surface area contributed by atoms with E-state index in [1.807, 2.05) is 24.5 Å². The average Bonchev–Trinajstić information content (AvgIpc) is 2.98. The van der Waals surface area contributed by atoms with Gasteiger partial charge in [-0.2, -0.15) is 0 Å². The number of piperazine rings is 1. The third-order valence-electron chi connectivity index (χ3n) is 4.69. The van der Waals surface area contributed by atoms with Gasteiger partial charge in [0.2, 0.25) is 0 Å². The van der Waals surface area contributed by atoms with Gasteiger partial charge in [0.1, 0.15) is 11.6 Å². The number of hydrogen-bond acceptors (Lipinski definition) is 4. The van der Waals surface area contributed by atoms with Crippen LogP contribution in [0.5, 0.6) is 0 Å². The molecule has 2 aromatic rings. The van der Waals surface area contributed by atoms with Crippen LogP contribution in [-0.2, 0) is 6.54 Å². The number of halogens is 1. The Hall–Kier alpha value is -1.59. The zero-order chi connectivity index (χ0) is 16.2. The first-order valence-corrected chi connectivity index (χ1v) is 8.60. The lowest BCUT2D eigenvalue weighted by atomic mass is 10.1. The van der Waals surface area contributed by atoms with E-state index in [2.05, 4.69) is 44.4 Å². The van der Waals surface area contributed by atoms with Crippen LogP contribution in [-0.4, -0.2) is 51.7 Å². The van der Waals surface area contributed by atoms with Crippen molar-refractivity contribution in [2.24, 2.45) is 0 Å². The molecule has 0 N–H and O–H groups in total. The Morgan fingerprint density at radius 1 is 1.17 bits per heavy atom. The second-order valence-electron chi connectivity index (χ2n) is 6.14. The minimum atomic E-state index is 0.568. The fourth-order valence-corrected chi connectivity index (χ4v) is 3.37. The highest BCUT2D eigenvalue weighted by molar-refractivity contribution is 6.32. The zero-order valence-electron chi connectivity index (χ0n) is 13.8. The van der Waals surface area contributed by atoms with E-state index in [1.54, 1.807) is 0 Å². The smallest absolute Gasteiger partial charge is 0.147 e. The summed E-state index contributed by atoms with van der Waals surface area (Å²) < 4.78 is 2.22. The van der Waals surface area contributed by atoms with Gasteiger partial charge < -0.3 is 9.47 Å². The van der Waals surface area contributed by atoms with E-state index in [0.717, 1.165) is 55.8 Å². The van der Waals surface area contributed by atoms with Crippen LogP contribution in [0.1, 0.15) is 19.2 Å². The number of nitrogens with zero attached hydrogens (tertiary/aromatic N) is 5. The molecule has 23 heavy (non-hydrogen) atoms. The molecule has 2 aromatic heterocycles. The summed E-state index contributed by atoms with van der Waals surface area (Å²) in [6, 6.07) is 4.35. The standard InChI is InChI=1S/C17H24ClN5/c1-14(5-8-22-9-7-19-15(22)2)21-10-12-23(13-11-21)17-16(18)4-3-6-20-17/h3-4,6-7,9,14H,5,8,10-13H2,1-2H3. The summed E-state index contributed by atoms with van der Waals surface area (Å²) in [4.78, 5) is 13.5. The lowest BCUT2D eigenvalue weighted by Gasteiger charge is -2.38. The van der Waals surface area contributed by atoms with E-state index in [1.165, 1.54) is 0 Å². The molecule has 1 aliphatic rings. The minimum absolute atomic E-state index is 0.568. The Morgan fingerprint density at radius 3 is 2.61 bits per heavy atom. The molecule has 0 aromatic carbocycles. The molecule has 3 heterocycles. The maximum atomic E-state index is 6.25. The van der Waals surface area contributed by atoms with Gasteiger partial charge in [-0.3, -0.25) is 4.90 Å². The highest BCUT2D eigenvalue weighted by Gasteiger charge is 2.22. The number of pyridine rings is 1. The number of rotatable bonds is 5. The molecule has 3 rings (SSSR count). The maximum absolute atomic E-state index is 6.25. The molecule has 1 aliphatic heterocycles. The number of hydrogen-bond donors (Lipinski definition) is 0. The topological polar surface area (TPSA) is 37.2 Å². The van der Waals surface area contributed by atoms with Crippen molar-refractivity contribution < 1.29 is 0 Å². The Balaban J connectivity index is 1.50. The first-order valence-electron chi connectivity index (χ1n) is 8.22. The molecule has 1 saturated heterocycles. The minimum Gasteiger partial charge on any atom is -0.353 e. The molecule has 1 atom stereocenters. The quantitative estimate of drug-likeness (QED) is 0.843. The van der Waals surface area contributed by atoms with Crippen molar-refractivity contribution in [1.82, 2.24) is 19.4 Å². The molecule has 0 saturated carbocycles. The Labute approximate surface area is 142 Å². The van der Waals surface area contributed by atoms with Gasteiger partial charge in [0.15, 0.2) is 0 Å². The summed E-state index contributed by atoms with van der Waals surface area (Å²) in [5.74, 6) is 2.00. The van der Waals surface area contributed by atoms with Crippen molar-refractivity contribution in [3.63, 3.8) is 0 Å². The molecule has 0 aliphatic carbocycles. The van der Waals surface area contributed by atoms with E-state index >= 15 is 0 Å². The maximum Gasteiger partial charge on any atom is 0.147 e. The van der Waals surface area contributed by atoms with Crippen LogP contribution in [0.15, 0.2) is 30.7 Å². The Kier molecular flexibility index (Phi) is 5.18. The van der Waals surface area contributed by atoms with Crippen LogP contribution in [0, 0.1) is 6.92 Å². The summed E-state index contributed by atoms with van der Waals surface area (Å²) in [5, 5.41) is 0.740. The third kappa shape index (κ3) is 3.85. The van der Waals surface area contributed by atoms with Gasteiger partial charge in [-0.05, 0) is 32.4 Å². The lowest BCUT2D eigenvalue weighted by Crippen LogP contribution is -2.50. The van der Waals surface area contributed by atoms with Crippen molar-refractivity contribution in [1.29, 1.82) is 0 Å². The second kappa shape index (κ2) is 7.32. The normalized spacial score (nSPS) is 17.4. The van der Waals surface area contributed by atoms with Crippen molar-refractivity contribution in [3.05, 3.63) is 41.6 Å². The van der Waals surface area contributed by atoms with Gasteiger partial charge in [-0.25, -0.2) is 9.97 Å².